The van der Waals surface area contributed by atoms with Crippen LogP contribution in [0.2, 0.25) is 0 Å². The first kappa shape index (κ1) is 9.33. The van der Waals surface area contributed by atoms with Gasteiger partial charge in [0.15, 0.2) is 0 Å². The standard InChI is InChI=1S/C10H13NS/c1-3-12-10(11)9-7-5-4-6-8(9)2/h4-7,11H,3H2,1-2H3. The summed E-state index contributed by atoms with van der Waals surface area (Å²) in [5.74, 6) is 0.965. The predicted molar refractivity (Wildman–Crippen MR) is 56.1 cm³/mol. The van der Waals surface area contributed by atoms with Gasteiger partial charge in [-0.3, -0.25) is 5.41 Å². The van der Waals surface area contributed by atoms with Gasteiger partial charge in [0.25, 0.3) is 0 Å². The van der Waals surface area contributed by atoms with Crippen LogP contribution in [0.15, 0.2) is 24.3 Å². The minimum absolute atomic E-state index is 0.676. The van der Waals surface area contributed by atoms with Crippen LogP contribution in [0.5, 0.6) is 0 Å². The van der Waals surface area contributed by atoms with E-state index in [-0.39, 0.29) is 0 Å². The molecule has 1 N–H and O–H groups in total. The van der Waals surface area contributed by atoms with Gasteiger partial charge in [0.1, 0.15) is 0 Å². The van der Waals surface area contributed by atoms with Gasteiger partial charge < -0.3 is 0 Å². The molecule has 0 amide bonds. The molecular weight excluding hydrogens is 166 g/mol. The highest BCUT2D eigenvalue weighted by atomic mass is 32.2. The molecule has 0 radical (unpaired) electrons. The third kappa shape index (κ3) is 2.11. The second-order valence-corrected chi connectivity index (χ2v) is 3.85. The maximum absolute atomic E-state index is 7.73. The van der Waals surface area contributed by atoms with Crippen molar-refractivity contribution in [3.8, 4) is 0 Å². The summed E-state index contributed by atoms with van der Waals surface area (Å²) in [6.45, 7) is 4.11. The van der Waals surface area contributed by atoms with Crippen LogP contribution in [-0.2, 0) is 0 Å². The van der Waals surface area contributed by atoms with E-state index in [4.69, 9.17) is 5.41 Å². The monoisotopic (exact) mass is 179 g/mol. The van der Waals surface area contributed by atoms with Crippen LogP contribution in [-0.4, -0.2) is 10.8 Å². The van der Waals surface area contributed by atoms with Crippen molar-refractivity contribution in [3.05, 3.63) is 35.4 Å². The highest BCUT2D eigenvalue weighted by Gasteiger charge is 2.02. The molecule has 1 aromatic carbocycles. The average Bonchev–Trinajstić information content (AvgIpc) is 2.05. The molecule has 0 fully saturated rings. The molecule has 12 heavy (non-hydrogen) atoms. The molecule has 1 nitrogen and oxygen atoms in total. The Hall–Kier alpha value is -0.760. The lowest BCUT2D eigenvalue weighted by Crippen LogP contribution is -1.96. The van der Waals surface area contributed by atoms with Crippen molar-refractivity contribution in [2.24, 2.45) is 0 Å². The highest BCUT2D eigenvalue weighted by molar-refractivity contribution is 8.14. The van der Waals surface area contributed by atoms with Crippen molar-refractivity contribution in [1.82, 2.24) is 0 Å². The van der Waals surface area contributed by atoms with Crippen molar-refractivity contribution < 1.29 is 0 Å². The van der Waals surface area contributed by atoms with E-state index in [0.717, 1.165) is 11.3 Å². The molecule has 0 heterocycles. The van der Waals surface area contributed by atoms with Gasteiger partial charge in [-0.05, 0) is 18.2 Å². The Kier molecular flexibility index (Phi) is 3.35. The number of hydrogen-bond acceptors (Lipinski definition) is 2. The van der Waals surface area contributed by atoms with Gasteiger partial charge in [-0.15, -0.1) is 11.8 Å². The molecule has 0 spiro atoms. The lowest BCUT2D eigenvalue weighted by atomic mass is 10.1. The van der Waals surface area contributed by atoms with Crippen LogP contribution in [0, 0.1) is 12.3 Å². The maximum Gasteiger partial charge on any atom is 0.0944 e. The smallest absolute Gasteiger partial charge is 0.0944 e. The summed E-state index contributed by atoms with van der Waals surface area (Å²) in [5.41, 5.74) is 2.24. The summed E-state index contributed by atoms with van der Waals surface area (Å²) in [6.07, 6.45) is 0. The number of benzene rings is 1. The van der Waals surface area contributed by atoms with E-state index in [0.29, 0.717) is 5.04 Å². The number of rotatable bonds is 2. The molecule has 0 atom stereocenters. The van der Waals surface area contributed by atoms with Crippen LogP contribution in [0.4, 0.5) is 0 Å². The Labute approximate surface area is 77.7 Å². The molecule has 2 heteroatoms. The number of thioether (sulfide) groups is 1. The fourth-order valence-electron chi connectivity index (χ4n) is 1.05. The predicted octanol–water partition coefficient (Wildman–Crippen LogP) is 3.07. The first-order chi connectivity index (χ1) is 5.75. The summed E-state index contributed by atoms with van der Waals surface area (Å²) in [4.78, 5) is 0. The molecule has 0 aliphatic rings. The molecule has 0 aliphatic heterocycles. The Balaban J connectivity index is 2.87. The molecule has 0 aromatic heterocycles. The van der Waals surface area contributed by atoms with Crippen LogP contribution in [0.1, 0.15) is 18.1 Å². The van der Waals surface area contributed by atoms with Crippen LogP contribution in [0.25, 0.3) is 0 Å². The largest absolute Gasteiger partial charge is 0.293 e. The average molecular weight is 179 g/mol. The Morgan fingerprint density at radius 1 is 1.42 bits per heavy atom. The zero-order valence-corrected chi connectivity index (χ0v) is 8.24. The van der Waals surface area contributed by atoms with Gasteiger partial charge in [-0.25, -0.2) is 0 Å². The third-order valence-electron chi connectivity index (χ3n) is 1.68. The summed E-state index contributed by atoms with van der Waals surface area (Å²) in [5, 5.41) is 8.41. The molecule has 0 saturated heterocycles. The highest BCUT2D eigenvalue weighted by Crippen LogP contribution is 2.15. The topological polar surface area (TPSA) is 23.9 Å². The summed E-state index contributed by atoms with van der Waals surface area (Å²) in [7, 11) is 0. The van der Waals surface area contributed by atoms with E-state index in [1.165, 1.54) is 5.56 Å². The number of hydrogen-bond donors (Lipinski definition) is 1. The second-order valence-electron chi connectivity index (χ2n) is 2.58. The zero-order chi connectivity index (χ0) is 8.97. The molecule has 64 valence electrons. The molecule has 0 saturated carbocycles. The van der Waals surface area contributed by atoms with E-state index < -0.39 is 0 Å². The van der Waals surface area contributed by atoms with Crippen molar-refractivity contribution in [2.45, 2.75) is 13.8 Å². The zero-order valence-electron chi connectivity index (χ0n) is 7.42. The summed E-state index contributed by atoms with van der Waals surface area (Å²) in [6, 6.07) is 8.02. The first-order valence-electron chi connectivity index (χ1n) is 4.03. The molecule has 1 aromatic rings. The third-order valence-corrected chi connectivity index (χ3v) is 2.48. The van der Waals surface area contributed by atoms with Gasteiger partial charge in [-0.1, -0.05) is 31.2 Å². The Morgan fingerprint density at radius 3 is 2.67 bits per heavy atom. The van der Waals surface area contributed by atoms with Crippen molar-refractivity contribution in [2.75, 3.05) is 5.75 Å². The van der Waals surface area contributed by atoms with Crippen molar-refractivity contribution in [3.63, 3.8) is 0 Å². The SMILES string of the molecule is CCSC(=N)c1ccccc1C. The summed E-state index contributed by atoms with van der Waals surface area (Å²) < 4.78 is 0. The fraction of sp³-hybridized carbons (Fsp3) is 0.300. The van der Waals surface area contributed by atoms with E-state index >= 15 is 0 Å². The lowest BCUT2D eigenvalue weighted by Gasteiger charge is -2.04. The van der Waals surface area contributed by atoms with E-state index in [9.17, 15) is 0 Å². The Bertz CT molecular complexity index is 281. The molecule has 0 aliphatic carbocycles. The number of nitrogens with one attached hydrogen (secondary N) is 1. The van der Waals surface area contributed by atoms with Gasteiger partial charge in [-0.2, -0.15) is 0 Å². The molecule has 0 unspecified atom stereocenters. The van der Waals surface area contributed by atoms with Crippen molar-refractivity contribution >= 4 is 16.8 Å². The van der Waals surface area contributed by atoms with Crippen LogP contribution in [0.3, 0.4) is 0 Å². The molecular formula is C10H13NS. The molecule has 0 bridgehead atoms. The minimum Gasteiger partial charge on any atom is -0.293 e. The molecule has 1 rings (SSSR count). The second kappa shape index (κ2) is 4.31. The fourth-order valence-corrected chi connectivity index (χ4v) is 1.72. The normalized spacial score (nSPS) is 9.83. The quantitative estimate of drug-likeness (QED) is 0.547. The first-order valence-corrected chi connectivity index (χ1v) is 5.01. The van der Waals surface area contributed by atoms with Gasteiger partial charge in [0, 0.05) is 5.56 Å². The van der Waals surface area contributed by atoms with Gasteiger partial charge in [0.2, 0.25) is 0 Å². The maximum atomic E-state index is 7.73. The lowest BCUT2D eigenvalue weighted by molar-refractivity contribution is 1.42. The van der Waals surface area contributed by atoms with Crippen molar-refractivity contribution in [1.29, 1.82) is 5.41 Å². The van der Waals surface area contributed by atoms with Gasteiger partial charge in [0.05, 0.1) is 5.04 Å². The van der Waals surface area contributed by atoms with E-state index in [2.05, 4.69) is 6.92 Å². The van der Waals surface area contributed by atoms with Crippen LogP contribution < -0.4 is 0 Å². The van der Waals surface area contributed by atoms with E-state index in [1.54, 1.807) is 11.8 Å². The van der Waals surface area contributed by atoms with Crippen LogP contribution >= 0.6 is 11.8 Å². The van der Waals surface area contributed by atoms with Gasteiger partial charge >= 0.3 is 0 Å². The Morgan fingerprint density at radius 2 is 2.08 bits per heavy atom. The van der Waals surface area contributed by atoms with E-state index in [1.807, 2.05) is 31.2 Å². The summed E-state index contributed by atoms with van der Waals surface area (Å²) >= 11 is 1.58. The number of aryl methyl sites for hydroxylation is 1. The minimum atomic E-state index is 0.676.